The molecule has 0 radical (unpaired) electrons. The minimum Gasteiger partial charge on any atom is -0.370 e. The van der Waals surface area contributed by atoms with Crippen LogP contribution < -0.4 is 11.1 Å². The second-order valence-electron chi connectivity index (χ2n) is 5.59. The van der Waals surface area contributed by atoms with E-state index in [4.69, 9.17) is 5.73 Å². The lowest BCUT2D eigenvalue weighted by atomic mass is 10.1. The quantitative estimate of drug-likeness (QED) is 0.647. The molecule has 1 aromatic rings. The Labute approximate surface area is 117 Å². The molecule has 1 amide bonds. The van der Waals surface area contributed by atoms with Crippen LogP contribution in [0.1, 0.15) is 43.6 Å². The number of nitrogens with two attached hydrogens (primary N) is 1. The largest absolute Gasteiger partial charge is 0.370 e. The van der Waals surface area contributed by atoms with E-state index in [1.54, 1.807) is 0 Å². The first-order chi connectivity index (χ1) is 8.99. The van der Waals surface area contributed by atoms with Crippen molar-refractivity contribution in [1.82, 2.24) is 5.32 Å². The number of nitrogens with zero attached hydrogens (tertiary/aromatic N) is 1. The van der Waals surface area contributed by atoms with Gasteiger partial charge in [0.05, 0.1) is 5.54 Å². The molecule has 0 fully saturated rings. The molecule has 0 spiro atoms. The van der Waals surface area contributed by atoms with Crippen LogP contribution in [0.2, 0.25) is 0 Å². The van der Waals surface area contributed by atoms with Crippen molar-refractivity contribution >= 4 is 11.9 Å². The van der Waals surface area contributed by atoms with Crippen molar-refractivity contribution < 1.29 is 13.6 Å². The fourth-order valence-electron chi connectivity index (χ4n) is 1.49. The van der Waals surface area contributed by atoms with Crippen molar-refractivity contribution in [3.63, 3.8) is 0 Å². The van der Waals surface area contributed by atoms with E-state index in [9.17, 15) is 13.6 Å². The summed E-state index contributed by atoms with van der Waals surface area (Å²) in [5.41, 5.74) is 5.28. The van der Waals surface area contributed by atoms with Crippen molar-refractivity contribution in [2.24, 2.45) is 10.7 Å². The zero-order valence-corrected chi connectivity index (χ0v) is 12.0. The van der Waals surface area contributed by atoms with Crippen LogP contribution in [0.5, 0.6) is 0 Å². The lowest BCUT2D eigenvalue weighted by Gasteiger charge is -2.14. The molecule has 3 N–H and O–H groups in total. The van der Waals surface area contributed by atoms with Gasteiger partial charge in [-0.3, -0.25) is 10.1 Å². The Balaban J connectivity index is 2.82. The Hall–Kier alpha value is -1.98. The minimum atomic E-state index is -2.93. The molecule has 1 aromatic carbocycles. The predicted molar refractivity (Wildman–Crippen MR) is 74.9 cm³/mol. The van der Waals surface area contributed by atoms with E-state index in [1.807, 2.05) is 20.8 Å². The molecule has 0 aromatic heterocycles. The Bertz CT molecular complexity index is 511. The highest BCUT2D eigenvalue weighted by Crippen LogP contribution is 2.26. The van der Waals surface area contributed by atoms with Crippen LogP contribution in [0, 0.1) is 0 Å². The second-order valence-corrected chi connectivity index (χ2v) is 5.59. The fraction of sp³-hybridized carbons (Fsp3) is 0.429. The van der Waals surface area contributed by atoms with E-state index in [1.165, 1.54) is 24.3 Å². The second kappa shape index (κ2) is 5.56. The van der Waals surface area contributed by atoms with Gasteiger partial charge in [-0.2, -0.15) is 0 Å². The summed E-state index contributed by atoms with van der Waals surface area (Å²) in [4.78, 5) is 15.9. The molecule has 110 valence electrons. The predicted octanol–water partition coefficient (Wildman–Crippen LogP) is 2.64. The lowest BCUT2D eigenvalue weighted by molar-refractivity contribution is 0.0174. The van der Waals surface area contributed by atoms with Gasteiger partial charge in [0.15, 0.2) is 5.96 Å². The SMILES string of the molecule is CC(C)(C)N=C(N)NC(=O)c1ccc(C(C)(F)F)cc1. The molecule has 4 nitrogen and oxygen atoms in total. The van der Waals surface area contributed by atoms with Crippen molar-refractivity contribution in [2.45, 2.75) is 39.2 Å². The van der Waals surface area contributed by atoms with Crippen molar-refractivity contribution in [3.05, 3.63) is 35.4 Å². The highest BCUT2D eigenvalue weighted by molar-refractivity contribution is 6.05. The van der Waals surface area contributed by atoms with Gasteiger partial charge in [0.25, 0.3) is 11.8 Å². The number of benzene rings is 1. The summed E-state index contributed by atoms with van der Waals surface area (Å²) >= 11 is 0. The number of aliphatic imine (C=N–C) groups is 1. The average molecular weight is 283 g/mol. The van der Waals surface area contributed by atoms with E-state index in [2.05, 4.69) is 10.3 Å². The molecular weight excluding hydrogens is 264 g/mol. The van der Waals surface area contributed by atoms with Crippen LogP contribution in [0.15, 0.2) is 29.3 Å². The summed E-state index contributed by atoms with van der Waals surface area (Å²) in [6, 6.07) is 5.08. The zero-order valence-electron chi connectivity index (χ0n) is 12.0. The van der Waals surface area contributed by atoms with Gasteiger partial charge in [-0.1, -0.05) is 12.1 Å². The summed E-state index contributed by atoms with van der Waals surface area (Å²) in [5, 5.41) is 2.41. The number of alkyl halides is 2. The number of hydrogen-bond donors (Lipinski definition) is 2. The Morgan fingerprint density at radius 2 is 1.65 bits per heavy atom. The number of rotatable bonds is 2. The number of guanidine groups is 1. The lowest BCUT2D eigenvalue weighted by Crippen LogP contribution is -2.38. The maximum absolute atomic E-state index is 13.0. The topological polar surface area (TPSA) is 67.5 Å². The summed E-state index contributed by atoms with van der Waals surface area (Å²) in [7, 11) is 0. The van der Waals surface area contributed by atoms with E-state index < -0.39 is 17.4 Å². The molecular formula is C14H19F2N3O. The normalized spacial score (nSPS) is 13.2. The number of carbonyl (C=O) groups is 1. The van der Waals surface area contributed by atoms with Crippen LogP contribution in [-0.4, -0.2) is 17.4 Å². The number of nitrogens with one attached hydrogen (secondary N) is 1. The molecule has 0 atom stereocenters. The third-order valence-electron chi connectivity index (χ3n) is 2.35. The smallest absolute Gasteiger partial charge is 0.270 e. The van der Waals surface area contributed by atoms with Gasteiger partial charge in [-0.15, -0.1) is 0 Å². The van der Waals surface area contributed by atoms with Crippen LogP contribution in [0.25, 0.3) is 0 Å². The first-order valence-corrected chi connectivity index (χ1v) is 6.14. The van der Waals surface area contributed by atoms with E-state index in [-0.39, 0.29) is 17.1 Å². The summed E-state index contributed by atoms with van der Waals surface area (Å²) < 4.78 is 26.1. The molecule has 0 heterocycles. The van der Waals surface area contributed by atoms with Crippen LogP contribution in [-0.2, 0) is 5.92 Å². The summed E-state index contributed by atoms with van der Waals surface area (Å²) in [6.45, 7) is 6.31. The molecule has 6 heteroatoms. The van der Waals surface area contributed by atoms with Gasteiger partial charge in [0, 0.05) is 18.1 Å². The Kier molecular flexibility index (Phi) is 4.47. The van der Waals surface area contributed by atoms with E-state index in [0.717, 1.165) is 6.92 Å². The van der Waals surface area contributed by atoms with Crippen LogP contribution in [0.4, 0.5) is 8.78 Å². The van der Waals surface area contributed by atoms with Crippen LogP contribution >= 0.6 is 0 Å². The van der Waals surface area contributed by atoms with Crippen LogP contribution in [0.3, 0.4) is 0 Å². The first kappa shape index (κ1) is 16.1. The number of halogens is 2. The van der Waals surface area contributed by atoms with Crippen molar-refractivity contribution in [2.75, 3.05) is 0 Å². The van der Waals surface area contributed by atoms with Gasteiger partial charge >= 0.3 is 0 Å². The van der Waals surface area contributed by atoms with Gasteiger partial charge < -0.3 is 5.73 Å². The minimum absolute atomic E-state index is 0.00704. The van der Waals surface area contributed by atoms with E-state index in [0.29, 0.717) is 0 Å². The molecule has 20 heavy (non-hydrogen) atoms. The Morgan fingerprint density at radius 1 is 1.15 bits per heavy atom. The molecule has 0 bridgehead atoms. The molecule has 0 aliphatic heterocycles. The highest BCUT2D eigenvalue weighted by Gasteiger charge is 2.24. The maximum atomic E-state index is 13.0. The monoisotopic (exact) mass is 283 g/mol. The molecule has 0 unspecified atom stereocenters. The average Bonchev–Trinajstić information content (AvgIpc) is 2.25. The highest BCUT2D eigenvalue weighted by atomic mass is 19.3. The molecule has 0 saturated carbocycles. The van der Waals surface area contributed by atoms with Gasteiger partial charge in [-0.25, -0.2) is 13.8 Å². The first-order valence-electron chi connectivity index (χ1n) is 6.14. The van der Waals surface area contributed by atoms with Crippen molar-refractivity contribution in [3.8, 4) is 0 Å². The third-order valence-corrected chi connectivity index (χ3v) is 2.35. The zero-order chi connectivity index (χ0) is 15.6. The number of hydrogen-bond acceptors (Lipinski definition) is 2. The fourth-order valence-corrected chi connectivity index (χ4v) is 1.49. The maximum Gasteiger partial charge on any atom is 0.270 e. The molecule has 1 rings (SSSR count). The molecule has 0 saturated heterocycles. The standard InChI is InChI=1S/C14H19F2N3O/c1-13(2,3)19-12(17)18-11(20)9-5-7-10(8-6-9)14(4,15)16/h5-8H,1-4H3,(H3,17,18,19,20). The molecule has 0 aliphatic carbocycles. The summed E-state index contributed by atoms with van der Waals surface area (Å²) in [6.07, 6.45) is 0. The third kappa shape index (κ3) is 4.95. The number of amides is 1. The van der Waals surface area contributed by atoms with Gasteiger partial charge in [0.2, 0.25) is 0 Å². The summed E-state index contributed by atoms with van der Waals surface area (Å²) in [5.74, 6) is -3.42. The Morgan fingerprint density at radius 3 is 2.05 bits per heavy atom. The van der Waals surface area contributed by atoms with Gasteiger partial charge in [0.1, 0.15) is 0 Å². The van der Waals surface area contributed by atoms with E-state index >= 15 is 0 Å². The van der Waals surface area contributed by atoms with Crippen molar-refractivity contribution in [1.29, 1.82) is 0 Å². The van der Waals surface area contributed by atoms with Gasteiger partial charge in [-0.05, 0) is 32.9 Å². The number of carbonyl (C=O) groups excluding carboxylic acids is 1. The molecule has 0 aliphatic rings.